The molecule has 1 unspecified atom stereocenters. The molecule has 0 aromatic rings. The van der Waals surface area contributed by atoms with Gasteiger partial charge in [-0.2, -0.15) is 0 Å². The van der Waals surface area contributed by atoms with Gasteiger partial charge in [-0.1, -0.05) is 39.5 Å². The Morgan fingerprint density at radius 1 is 1.10 bits per heavy atom. The third kappa shape index (κ3) is 7.05. The molecule has 0 saturated heterocycles. The number of likely N-dealkylation sites (N-methyl/N-ethyl adjacent to an activating group) is 1. The smallest absolute Gasteiger partial charge is 0.0638 e. The van der Waals surface area contributed by atoms with Crippen LogP contribution in [0.4, 0.5) is 0 Å². The van der Waals surface area contributed by atoms with Crippen LogP contribution in [-0.2, 0) is 0 Å². The first-order valence-electron chi connectivity index (χ1n) is 8.51. The van der Waals surface area contributed by atoms with Gasteiger partial charge in [0.25, 0.3) is 0 Å². The van der Waals surface area contributed by atoms with Gasteiger partial charge < -0.3 is 15.3 Å². The van der Waals surface area contributed by atoms with Crippen LogP contribution in [0.25, 0.3) is 0 Å². The first-order chi connectivity index (χ1) is 9.43. The van der Waals surface area contributed by atoms with Gasteiger partial charge in [0.2, 0.25) is 0 Å². The van der Waals surface area contributed by atoms with Crippen LogP contribution in [0.15, 0.2) is 0 Å². The van der Waals surface area contributed by atoms with Crippen molar-refractivity contribution in [2.75, 3.05) is 33.2 Å². The van der Waals surface area contributed by atoms with E-state index in [0.29, 0.717) is 11.3 Å². The van der Waals surface area contributed by atoms with Gasteiger partial charge in [0.05, 0.1) is 6.10 Å². The summed E-state index contributed by atoms with van der Waals surface area (Å²) in [4.78, 5) is 2.33. The lowest BCUT2D eigenvalue weighted by Gasteiger charge is -2.37. The summed E-state index contributed by atoms with van der Waals surface area (Å²) in [6.45, 7) is 10.6. The summed E-state index contributed by atoms with van der Waals surface area (Å²) in [7, 11) is 2.15. The second-order valence-corrected chi connectivity index (χ2v) is 7.48. The molecule has 20 heavy (non-hydrogen) atoms. The summed E-state index contributed by atoms with van der Waals surface area (Å²) < 4.78 is 0. The van der Waals surface area contributed by atoms with Crippen molar-refractivity contribution in [2.24, 2.45) is 11.3 Å². The van der Waals surface area contributed by atoms with Crippen molar-refractivity contribution in [1.82, 2.24) is 10.2 Å². The molecule has 3 heteroatoms. The molecule has 0 heterocycles. The zero-order valence-corrected chi connectivity index (χ0v) is 14.1. The number of aliphatic hydroxyl groups is 1. The van der Waals surface area contributed by atoms with E-state index in [2.05, 4.69) is 31.1 Å². The van der Waals surface area contributed by atoms with Crippen LogP contribution in [0.1, 0.15) is 59.3 Å². The first kappa shape index (κ1) is 17.9. The molecule has 1 aliphatic rings. The lowest BCUT2D eigenvalue weighted by atomic mass is 9.79. The van der Waals surface area contributed by atoms with Crippen molar-refractivity contribution >= 4 is 0 Å². The van der Waals surface area contributed by atoms with Crippen LogP contribution in [0.2, 0.25) is 0 Å². The normalized spacial score (nSPS) is 21.1. The zero-order chi connectivity index (χ0) is 15.0. The van der Waals surface area contributed by atoms with Crippen LogP contribution < -0.4 is 5.32 Å². The fourth-order valence-electron chi connectivity index (χ4n) is 3.58. The molecular formula is C17H36N2O. The largest absolute Gasteiger partial charge is 0.392 e. The minimum atomic E-state index is -0.230. The van der Waals surface area contributed by atoms with Crippen LogP contribution in [0, 0.1) is 11.3 Å². The quantitative estimate of drug-likeness (QED) is 0.673. The van der Waals surface area contributed by atoms with E-state index < -0.39 is 0 Å². The Bertz CT molecular complexity index is 245. The van der Waals surface area contributed by atoms with Gasteiger partial charge in [-0.15, -0.1) is 0 Å². The van der Waals surface area contributed by atoms with E-state index in [1.807, 2.05) is 6.92 Å². The molecule has 1 atom stereocenters. The fourth-order valence-corrected chi connectivity index (χ4v) is 3.58. The predicted octanol–water partition coefficient (Wildman–Crippen LogP) is 2.89. The number of hydrogen-bond acceptors (Lipinski definition) is 3. The highest BCUT2D eigenvalue weighted by Crippen LogP contribution is 2.35. The molecule has 120 valence electrons. The minimum Gasteiger partial charge on any atom is -0.392 e. The maximum Gasteiger partial charge on any atom is 0.0638 e. The Hall–Kier alpha value is -0.120. The summed E-state index contributed by atoms with van der Waals surface area (Å²) in [6.07, 6.45) is 7.96. The van der Waals surface area contributed by atoms with Crippen molar-refractivity contribution < 1.29 is 5.11 Å². The molecule has 0 amide bonds. The molecule has 1 saturated carbocycles. The summed E-state index contributed by atoms with van der Waals surface area (Å²) in [5, 5.41) is 13.3. The Labute approximate surface area is 126 Å². The van der Waals surface area contributed by atoms with Gasteiger partial charge >= 0.3 is 0 Å². The summed E-state index contributed by atoms with van der Waals surface area (Å²) in [5.41, 5.74) is 0.412. The lowest BCUT2D eigenvalue weighted by molar-refractivity contribution is 0.0945. The van der Waals surface area contributed by atoms with Gasteiger partial charge in [-0.05, 0) is 44.7 Å². The molecule has 0 bridgehead atoms. The Morgan fingerprint density at radius 3 is 2.20 bits per heavy atom. The van der Waals surface area contributed by atoms with E-state index in [1.54, 1.807) is 0 Å². The van der Waals surface area contributed by atoms with Crippen molar-refractivity contribution in [3.8, 4) is 0 Å². The third-order valence-corrected chi connectivity index (χ3v) is 4.40. The molecule has 0 aliphatic heterocycles. The Morgan fingerprint density at radius 2 is 1.70 bits per heavy atom. The molecule has 0 radical (unpaired) electrons. The van der Waals surface area contributed by atoms with Crippen molar-refractivity contribution in [3.63, 3.8) is 0 Å². The topological polar surface area (TPSA) is 35.5 Å². The number of nitrogens with one attached hydrogen (secondary N) is 1. The van der Waals surface area contributed by atoms with E-state index in [9.17, 15) is 5.11 Å². The number of aliphatic hydroxyl groups excluding tert-OH is 1. The highest BCUT2D eigenvalue weighted by atomic mass is 16.3. The van der Waals surface area contributed by atoms with Crippen LogP contribution >= 0.6 is 0 Å². The van der Waals surface area contributed by atoms with Crippen LogP contribution in [0.3, 0.4) is 0 Å². The second kappa shape index (κ2) is 9.01. The van der Waals surface area contributed by atoms with Gasteiger partial charge in [0.15, 0.2) is 0 Å². The molecule has 1 fully saturated rings. The monoisotopic (exact) mass is 284 g/mol. The van der Waals surface area contributed by atoms with Gasteiger partial charge in [0, 0.05) is 19.6 Å². The van der Waals surface area contributed by atoms with Crippen LogP contribution in [-0.4, -0.2) is 49.3 Å². The lowest BCUT2D eigenvalue weighted by Crippen LogP contribution is -2.45. The summed E-state index contributed by atoms with van der Waals surface area (Å²) >= 11 is 0. The highest BCUT2D eigenvalue weighted by Gasteiger charge is 2.32. The van der Waals surface area contributed by atoms with E-state index in [1.165, 1.54) is 38.5 Å². The molecular weight excluding hydrogens is 248 g/mol. The second-order valence-electron chi connectivity index (χ2n) is 7.48. The highest BCUT2D eigenvalue weighted by molar-refractivity contribution is 4.86. The SMILES string of the molecule is CC(C)CNCC1(CN(C)CC(C)O)CCCCCC1. The average Bonchev–Trinajstić information content (AvgIpc) is 2.53. The van der Waals surface area contributed by atoms with Gasteiger partial charge in [-0.3, -0.25) is 0 Å². The maximum atomic E-state index is 9.58. The molecule has 0 spiro atoms. The number of rotatable bonds is 8. The maximum absolute atomic E-state index is 9.58. The molecule has 2 N–H and O–H groups in total. The van der Waals surface area contributed by atoms with Crippen LogP contribution in [0.5, 0.6) is 0 Å². The Balaban J connectivity index is 2.57. The molecule has 3 nitrogen and oxygen atoms in total. The number of nitrogens with zero attached hydrogens (tertiary/aromatic N) is 1. The molecule has 0 aromatic carbocycles. The average molecular weight is 284 g/mol. The predicted molar refractivity (Wildman–Crippen MR) is 87.0 cm³/mol. The first-order valence-corrected chi connectivity index (χ1v) is 8.51. The fraction of sp³-hybridized carbons (Fsp3) is 1.00. The van der Waals surface area contributed by atoms with E-state index in [-0.39, 0.29) is 6.10 Å². The van der Waals surface area contributed by atoms with Gasteiger partial charge in [0.1, 0.15) is 0 Å². The zero-order valence-electron chi connectivity index (χ0n) is 14.1. The number of hydrogen-bond donors (Lipinski definition) is 2. The molecule has 0 aromatic heterocycles. The van der Waals surface area contributed by atoms with Gasteiger partial charge in [-0.25, -0.2) is 0 Å². The van der Waals surface area contributed by atoms with Crippen molar-refractivity contribution in [1.29, 1.82) is 0 Å². The summed E-state index contributed by atoms with van der Waals surface area (Å²) in [6, 6.07) is 0. The standard InChI is InChI=1S/C17H36N2O/c1-15(2)11-18-13-17(9-7-5-6-8-10-17)14-19(4)12-16(3)20/h15-16,18,20H,5-14H2,1-4H3. The Kier molecular flexibility index (Phi) is 8.08. The summed E-state index contributed by atoms with van der Waals surface area (Å²) in [5.74, 6) is 0.716. The van der Waals surface area contributed by atoms with Crippen molar-refractivity contribution in [3.05, 3.63) is 0 Å². The molecule has 1 aliphatic carbocycles. The molecule has 1 rings (SSSR count). The van der Waals surface area contributed by atoms with E-state index >= 15 is 0 Å². The van der Waals surface area contributed by atoms with E-state index in [0.717, 1.165) is 26.2 Å². The third-order valence-electron chi connectivity index (χ3n) is 4.40. The minimum absolute atomic E-state index is 0.230. The van der Waals surface area contributed by atoms with Crippen molar-refractivity contribution in [2.45, 2.75) is 65.4 Å². The van der Waals surface area contributed by atoms with E-state index in [4.69, 9.17) is 0 Å².